The number of nitrogens with zero attached hydrogens (tertiary/aromatic N) is 1. The first-order valence-corrected chi connectivity index (χ1v) is 9.10. The average Bonchev–Trinajstić information content (AvgIpc) is 3.46. The van der Waals surface area contributed by atoms with E-state index in [-0.39, 0.29) is 30.3 Å². The molecular formula is C21H20N2O4. The van der Waals surface area contributed by atoms with Crippen LogP contribution in [0.5, 0.6) is 5.75 Å². The Kier molecular flexibility index (Phi) is 4.39. The van der Waals surface area contributed by atoms with Gasteiger partial charge in [-0.15, -0.1) is 0 Å². The third-order valence-electron chi connectivity index (χ3n) is 4.72. The zero-order valence-corrected chi connectivity index (χ0v) is 15.0. The lowest BCUT2D eigenvalue weighted by Gasteiger charge is -2.16. The number of hydrogen-bond acceptors (Lipinski definition) is 4. The first-order valence-electron chi connectivity index (χ1n) is 9.10. The molecule has 0 aromatic heterocycles. The van der Waals surface area contributed by atoms with E-state index >= 15 is 0 Å². The Bertz CT molecular complexity index is 899. The maximum Gasteiger partial charge on any atom is 0.261 e. The number of fused-ring (bicyclic) bond motifs is 1. The molecule has 6 nitrogen and oxygen atoms in total. The molecule has 1 saturated carbocycles. The second kappa shape index (κ2) is 6.87. The number of hydrogen-bond donors (Lipinski definition) is 1. The number of ether oxygens (including phenoxy) is 1. The van der Waals surface area contributed by atoms with Crippen molar-refractivity contribution >= 4 is 17.7 Å². The maximum absolute atomic E-state index is 12.6. The quantitative estimate of drug-likeness (QED) is 0.800. The van der Waals surface area contributed by atoms with E-state index in [0.29, 0.717) is 34.6 Å². The molecule has 138 valence electrons. The molecule has 1 aliphatic carbocycles. The van der Waals surface area contributed by atoms with Crippen LogP contribution in [0.1, 0.15) is 56.4 Å². The third-order valence-corrected chi connectivity index (χ3v) is 4.72. The van der Waals surface area contributed by atoms with Crippen LogP contribution in [0.2, 0.25) is 0 Å². The number of rotatable bonds is 6. The van der Waals surface area contributed by atoms with Crippen molar-refractivity contribution < 1.29 is 19.1 Å². The van der Waals surface area contributed by atoms with Crippen molar-refractivity contribution in [3.05, 3.63) is 64.7 Å². The molecule has 0 bridgehead atoms. The van der Waals surface area contributed by atoms with Crippen LogP contribution in [0, 0.1) is 0 Å². The fourth-order valence-electron chi connectivity index (χ4n) is 3.19. The minimum atomic E-state index is -0.312. The number of imide groups is 1. The molecule has 2 aliphatic rings. The average molecular weight is 364 g/mol. The van der Waals surface area contributed by atoms with Crippen LogP contribution in [0.25, 0.3) is 0 Å². The largest absolute Gasteiger partial charge is 0.493 e. The molecule has 0 radical (unpaired) electrons. The van der Waals surface area contributed by atoms with Gasteiger partial charge in [-0.25, -0.2) is 0 Å². The summed E-state index contributed by atoms with van der Waals surface area (Å²) in [6, 6.07) is 12.2. The highest BCUT2D eigenvalue weighted by Gasteiger charge is 2.35. The highest BCUT2D eigenvalue weighted by Crippen LogP contribution is 2.27. The van der Waals surface area contributed by atoms with Crippen molar-refractivity contribution in [3.8, 4) is 5.75 Å². The standard InChI is InChI=1S/C21H20N2O4/c1-2-27-18-10-7-13(11-17(18)19(24)22-14-8-9-14)12-23-20(25)15-5-3-4-6-16(15)21(23)26/h3-7,10-11,14H,2,8-9,12H2,1H3,(H,22,24). The predicted octanol–water partition coefficient (Wildman–Crippen LogP) is 2.77. The van der Waals surface area contributed by atoms with E-state index in [1.54, 1.807) is 42.5 Å². The van der Waals surface area contributed by atoms with Crippen LogP contribution in [0.3, 0.4) is 0 Å². The van der Waals surface area contributed by atoms with Crippen molar-refractivity contribution in [2.75, 3.05) is 6.61 Å². The van der Waals surface area contributed by atoms with E-state index < -0.39 is 0 Å². The number of carbonyl (C=O) groups excluding carboxylic acids is 3. The van der Waals surface area contributed by atoms with Gasteiger partial charge in [-0.05, 0) is 49.6 Å². The van der Waals surface area contributed by atoms with Gasteiger partial charge in [0.15, 0.2) is 0 Å². The summed E-state index contributed by atoms with van der Waals surface area (Å²) in [5.74, 6) is -0.311. The summed E-state index contributed by atoms with van der Waals surface area (Å²) in [4.78, 5) is 38.9. The molecule has 0 saturated heterocycles. The van der Waals surface area contributed by atoms with E-state index in [0.717, 1.165) is 12.8 Å². The molecule has 4 rings (SSSR count). The van der Waals surface area contributed by atoms with Gasteiger partial charge < -0.3 is 10.1 Å². The highest BCUT2D eigenvalue weighted by atomic mass is 16.5. The van der Waals surface area contributed by atoms with Gasteiger partial charge in [0.25, 0.3) is 17.7 Å². The Morgan fingerprint density at radius 3 is 2.37 bits per heavy atom. The number of carbonyl (C=O) groups is 3. The fraction of sp³-hybridized carbons (Fsp3) is 0.286. The Labute approximate surface area is 157 Å². The van der Waals surface area contributed by atoms with Gasteiger partial charge in [0.05, 0.1) is 29.8 Å². The second-order valence-electron chi connectivity index (χ2n) is 6.75. The highest BCUT2D eigenvalue weighted by molar-refractivity contribution is 6.21. The van der Waals surface area contributed by atoms with Crippen molar-refractivity contribution in [2.24, 2.45) is 0 Å². The van der Waals surface area contributed by atoms with Crippen LogP contribution in [0.4, 0.5) is 0 Å². The van der Waals surface area contributed by atoms with E-state index in [4.69, 9.17) is 4.74 Å². The van der Waals surface area contributed by atoms with Gasteiger partial charge in [0, 0.05) is 6.04 Å². The summed E-state index contributed by atoms with van der Waals surface area (Å²) in [6.07, 6.45) is 1.98. The van der Waals surface area contributed by atoms with Crippen LogP contribution >= 0.6 is 0 Å². The number of benzene rings is 2. The summed E-state index contributed by atoms with van der Waals surface area (Å²) < 4.78 is 5.57. The molecule has 6 heteroatoms. The Hall–Kier alpha value is -3.15. The minimum absolute atomic E-state index is 0.114. The van der Waals surface area contributed by atoms with Gasteiger partial charge in [0.1, 0.15) is 5.75 Å². The van der Waals surface area contributed by atoms with Gasteiger partial charge in [-0.1, -0.05) is 18.2 Å². The Balaban J connectivity index is 1.60. The molecule has 1 heterocycles. The maximum atomic E-state index is 12.6. The van der Waals surface area contributed by atoms with E-state index in [1.165, 1.54) is 4.90 Å². The number of nitrogens with one attached hydrogen (secondary N) is 1. The lowest BCUT2D eigenvalue weighted by Crippen LogP contribution is -2.29. The smallest absolute Gasteiger partial charge is 0.261 e. The normalized spacial score (nSPS) is 15.7. The van der Waals surface area contributed by atoms with Crippen LogP contribution < -0.4 is 10.1 Å². The monoisotopic (exact) mass is 364 g/mol. The molecule has 3 amide bonds. The summed E-state index contributed by atoms with van der Waals surface area (Å²) in [5.41, 5.74) is 1.96. The zero-order valence-electron chi connectivity index (χ0n) is 15.0. The molecule has 1 fully saturated rings. The minimum Gasteiger partial charge on any atom is -0.493 e. The first-order chi connectivity index (χ1) is 13.1. The van der Waals surface area contributed by atoms with E-state index in [9.17, 15) is 14.4 Å². The molecule has 27 heavy (non-hydrogen) atoms. The van der Waals surface area contributed by atoms with Gasteiger partial charge >= 0.3 is 0 Å². The lowest BCUT2D eigenvalue weighted by atomic mass is 10.1. The Morgan fingerprint density at radius 2 is 1.78 bits per heavy atom. The summed E-state index contributed by atoms with van der Waals surface area (Å²) in [6.45, 7) is 2.42. The van der Waals surface area contributed by atoms with E-state index in [2.05, 4.69) is 5.32 Å². The molecule has 1 N–H and O–H groups in total. The molecular weight excluding hydrogens is 344 g/mol. The van der Waals surface area contributed by atoms with E-state index in [1.807, 2.05) is 6.92 Å². The summed E-state index contributed by atoms with van der Waals surface area (Å²) >= 11 is 0. The van der Waals surface area contributed by atoms with Crippen LogP contribution in [-0.4, -0.2) is 35.3 Å². The number of amides is 3. The SMILES string of the molecule is CCOc1ccc(CN2C(=O)c3ccccc3C2=O)cc1C(=O)NC1CC1. The second-order valence-corrected chi connectivity index (χ2v) is 6.75. The molecule has 2 aromatic carbocycles. The van der Waals surface area contributed by atoms with Crippen molar-refractivity contribution in [2.45, 2.75) is 32.4 Å². The lowest BCUT2D eigenvalue weighted by molar-refractivity contribution is 0.0642. The molecule has 1 aliphatic heterocycles. The van der Waals surface area contributed by atoms with Crippen molar-refractivity contribution in [1.82, 2.24) is 10.2 Å². The zero-order chi connectivity index (χ0) is 19.0. The molecule has 0 atom stereocenters. The van der Waals surface area contributed by atoms with Gasteiger partial charge in [-0.3, -0.25) is 19.3 Å². The fourth-order valence-corrected chi connectivity index (χ4v) is 3.19. The Morgan fingerprint density at radius 1 is 1.11 bits per heavy atom. The first kappa shape index (κ1) is 17.3. The summed E-state index contributed by atoms with van der Waals surface area (Å²) in [5, 5.41) is 2.96. The van der Waals surface area contributed by atoms with Crippen molar-refractivity contribution in [1.29, 1.82) is 0 Å². The third kappa shape index (κ3) is 3.30. The molecule has 0 spiro atoms. The molecule has 2 aromatic rings. The summed E-state index contributed by atoms with van der Waals surface area (Å²) in [7, 11) is 0. The molecule has 0 unspecified atom stereocenters. The van der Waals surface area contributed by atoms with Gasteiger partial charge in [-0.2, -0.15) is 0 Å². The van der Waals surface area contributed by atoms with Gasteiger partial charge in [0.2, 0.25) is 0 Å². The van der Waals surface area contributed by atoms with Crippen molar-refractivity contribution in [3.63, 3.8) is 0 Å². The predicted molar refractivity (Wildman–Crippen MR) is 98.7 cm³/mol. The van der Waals surface area contributed by atoms with Crippen LogP contribution in [0.15, 0.2) is 42.5 Å². The topological polar surface area (TPSA) is 75.7 Å². The van der Waals surface area contributed by atoms with Crippen LogP contribution in [-0.2, 0) is 6.54 Å².